The molecule has 0 aliphatic heterocycles. The minimum absolute atomic E-state index is 0.161. The Morgan fingerprint density at radius 3 is 2.36 bits per heavy atom. The summed E-state index contributed by atoms with van der Waals surface area (Å²) in [4.78, 5) is 24.1. The quantitative estimate of drug-likeness (QED) is 0.545. The number of amides is 2. The smallest absolute Gasteiger partial charge is 0.291 e. The Bertz CT molecular complexity index is 988. The SMILES string of the molecule is O=C(Cc1ccc(Cl)cc1)NC(=S)Nc1cccc(NC(=O)c2ccco2)c1. The molecule has 8 heteroatoms. The summed E-state index contributed by atoms with van der Waals surface area (Å²) in [7, 11) is 0. The van der Waals surface area contributed by atoms with Crippen LogP contribution in [0.4, 0.5) is 11.4 Å². The Morgan fingerprint density at radius 1 is 0.964 bits per heavy atom. The number of anilines is 2. The maximum Gasteiger partial charge on any atom is 0.291 e. The summed E-state index contributed by atoms with van der Waals surface area (Å²) in [6, 6.07) is 17.2. The average Bonchev–Trinajstić information content (AvgIpc) is 3.18. The first-order valence-corrected chi connectivity index (χ1v) is 9.08. The molecule has 0 bridgehead atoms. The highest BCUT2D eigenvalue weighted by Crippen LogP contribution is 2.16. The molecule has 3 rings (SSSR count). The summed E-state index contributed by atoms with van der Waals surface area (Å²) in [5.41, 5.74) is 2.00. The molecule has 3 N–H and O–H groups in total. The van der Waals surface area contributed by atoms with Gasteiger partial charge < -0.3 is 20.4 Å². The molecule has 6 nitrogen and oxygen atoms in total. The molecule has 2 amide bonds. The Kier molecular flexibility index (Phi) is 6.41. The number of carbonyl (C=O) groups is 2. The molecule has 0 radical (unpaired) electrons. The largest absolute Gasteiger partial charge is 0.459 e. The molecule has 3 aromatic rings. The summed E-state index contributed by atoms with van der Waals surface area (Å²) in [6.45, 7) is 0. The number of hydrogen-bond donors (Lipinski definition) is 3. The lowest BCUT2D eigenvalue weighted by atomic mass is 10.1. The molecule has 1 aromatic heterocycles. The van der Waals surface area contributed by atoms with Crippen LogP contribution in [0, 0.1) is 0 Å². The van der Waals surface area contributed by atoms with Crippen LogP contribution in [0.3, 0.4) is 0 Å². The highest BCUT2D eigenvalue weighted by atomic mass is 35.5. The minimum Gasteiger partial charge on any atom is -0.459 e. The van der Waals surface area contributed by atoms with Crippen molar-refractivity contribution in [3.63, 3.8) is 0 Å². The number of furan rings is 1. The molecule has 0 fully saturated rings. The van der Waals surface area contributed by atoms with Crippen LogP contribution in [0.5, 0.6) is 0 Å². The van der Waals surface area contributed by atoms with E-state index in [2.05, 4.69) is 16.0 Å². The van der Waals surface area contributed by atoms with E-state index in [1.807, 2.05) is 0 Å². The van der Waals surface area contributed by atoms with Crippen molar-refractivity contribution in [2.45, 2.75) is 6.42 Å². The standard InChI is InChI=1S/C20H16ClN3O3S/c21-14-8-6-13(7-9-14)11-18(25)24-20(28)23-16-4-1-3-15(12-16)22-19(26)17-5-2-10-27-17/h1-10,12H,11H2,(H,22,26)(H2,23,24,25,28). The van der Waals surface area contributed by atoms with E-state index in [1.165, 1.54) is 6.26 Å². The van der Waals surface area contributed by atoms with Crippen molar-refractivity contribution in [2.75, 3.05) is 10.6 Å². The van der Waals surface area contributed by atoms with E-state index in [1.54, 1.807) is 60.7 Å². The third kappa shape index (κ3) is 5.67. The number of hydrogen-bond acceptors (Lipinski definition) is 4. The van der Waals surface area contributed by atoms with E-state index in [0.717, 1.165) is 5.56 Å². The summed E-state index contributed by atoms with van der Waals surface area (Å²) in [6.07, 6.45) is 1.61. The predicted octanol–water partition coefficient (Wildman–Crippen LogP) is 4.24. The van der Waals surface area contributed by atoms with Gasteiger partial charge in [0.1, 0.15) is 0 Å². The van der Waals surface area contributed by atoms with Gasteiger partial charge in [-0.25, -0.2) is 0 Å². The van der Waals surface area contributed by atoms with Gasteiger partial charge in [-0.1, -0.05) is 29.8 Å². The number of halogens is 1. The maximum atomic E-state index is 12.1. The first-order valence-electron chi connectivity index (χ1n) is 8.30. The van der Waals surface area contributed by atoms with Gasteiger partial charge in [0.25, 0.3) is 5.91 Å². The molecule has 0 atom stereocenters. The molecule has 2 aromatic carbocycles. The number of nitrogens with one attached hydrogen (secondary N) is 3. The molecule has 0 unspecified atom stereocenters. The molecular weight excluding hydrogens is 398 g/mol. The van der Waals surface area contributed by atoms with E-state index in [4.69, 9.17) is 28.2 Å². The minimum atomic E-state index is -0.360. The Hall–Kier alpha value is -3.16. The summed E-state index contributed by atoms with van der Waals surface area (Å²) < 4.78 is 5.06. The van der Waals surface area contributed by atoms with Crippen molar-refractivity contribution in [1.82, 2.24) is 5.32 Å². The fraction of sp³-hybridized carbons (Fsp3) is 0.0500. The van der Waals surface area contributed by atoms with Crippen LogP contribution in [0.25, 0.3) is 0 Å². The third-order valence-corrected chi connectivity index (χ3v) is 4.11. The van der Waals surface area contributed by atoms with Crippen LogP contribution in [0.2, 0.25) is 5.02 Å². The molecular formula is C20H16ClN3O3S. The van der Waals surface area contributed by atoms with Crippen LogP contribution < -0.4 is 16.0 Å². The second kappa shape index (κ2) is 9.16. The molecule has 0 saturated heterocycles. The van der Waals surface area contributed by atoms with Gasteiger partial charge in [0.15, 0.2) is 10.9 Å². The number of thiocarbonyl (C=S) groups is 1. The highest BCUT2D eigenvalue weighted by Gasteiger charge is 2.10. The van der Waals surface area contributed by atoms with Gasteiger partial charge in [-0.15, -0.1) is 0 Å². The molecule has 0 aliphatic rings. The van der Waals surface area contributed by atoms with Crippen molar-refractivity contribution in [3.8, 4) is 0 Å². The monoisotopic (exact) mass is 413 g/mol. The van der Waals surface area contributed by atoms with Crippen LogP contribution in [-0.4, -0.2) is 16.9 Å². The van der Waals surface area contributed by atoms with Gasteiger partial charge in [-0.3, -0.25) is 9.59 Å². The highest BCUT2D eigenvalue weighted by molar-refractivity contribution is 7.80. The fourth-order valence-corrected chi connectivity index (χ4v) is 2.75. The zero-order valence-electron chi connectivity index (χ0n) is 14.6. The molecule has 28 heavy (non-hydrogen) atoms. The molecule has 0 spiro atoms. The van der Waals surface area contributed by atoms with E-state index in [0.29, 0.717) is 16.4 Å². The predicted molar refractivity (Wildman–Crippen MR) is 113 cm³/mol. The summed E-state index contributed by atoms with van der Waals surface area (Å²) >= 11 is 11.0. The van der Waals surface area contributed by atoms with E-state index in [-0.39, 0.29) is 29.1 Å². The van der Waals surface area contributed by atoms with Gasteiger partial charge in [-0.05, 0) is 60.2 Å². The van der Waals surface area contributed by atoms with Crippen LogP contribution >= 0.6 is 23.8 Å². The Morgan fingerprint density at radius 2 is 1.68 bits per heavy atom. The summed E-state index contributed by atoms with van der Waals surface area (Å²) in [5, 5.41) is 9.03. The lowest BCUT2D eigenvalue weighted by Crippen LogP contribution is -2.35. The van der Waals surface area contributed by atoms with Gasteiger partial charge in [-0.2, -0.15) is 0 Å². The topological polar surface area (TPSA) is 83.4 Å². The molecule has 0 aliphatic carbocycles. The zero-order valence-corrected chi connectivity index (χ0v) is 16.1. The van der Waals surface area contributed by atoms with Crippen molar-refractivity contribution in [3.05, 3.63) is 83.3 Å². The first kappa shape index (κ1) is 19.6. The van der Waals surface area contributed by atoms with Gasteiger partial charge in [0, 0.05) is 16.4 Å². The number of rotatable bonds is 5. The lowest BCUT2D eigenvalue weighted by molar-refractivity contribution is -0.119. The van der Waals surface area contributed by atoms with E-state index in [9.17, 15) is 9.59 Å². The van der Waals surface area contributed by atoms with Crippen molar-refractivity contribution in [2.24, 2.45) is 0 Å². The van der Waals surface area contributed by atoms with E-state index >= 15 is 0 Å². The van der Waals surface area contributed by atoms with Crippen molar-refractivity contribution >= 4 is 52.1 Å². The van der Waals surface area contributed by atoms with Crippen molar-refractivity contribution in [1.29, 1.82) is 0 Å². The van der Waals surface area contributed by atoms with Crippen LogP contribution in [-0.2, 0) is 11.2 Å². The van der Waals surface area contributed by atoms with E-state index < -0.39 is 0 Å². The number of benzene rings is 2. The van der Waals surface area contributed by atoms with Gasteiger partial charge in [0.2, 0.25) is 5.91 Å². The normalized spacial score (nSPS) is 10.2. The second-order valence-electron chi connectivity index (χ2n) is 5.82. The first-order chi connectivity index (χ1) is 13.5. The zero-order chi connectivity index (χ0) is 19.9. The third-order valence-electron chi connectivity index (χ3n) is 3.65. The second-order valence-corrected chi connectivity index (χ2v) is 6.66. The van der Waals surface area contributed by atoms with Crippen LogP contribution in [0.1, 0.15) is 16.1 Å². The lowest BCUT2D eigenvalue weighted by Gasteiger charge is -2.11. The average molecular weight is 414 g/mol. The Labute approximate surface area is 171 Å². The molecule has 1 heterocycles. The maximum absolute atomic E-state index is 12.1. The van der Waals surface area contributed by atoms with Gasteiger partial charge in [0.05, 0.1) is 12.7 Å². The number of carbonyl (C=O) groups excluding carboxylic acids is 2. The fourth-order valence-electron chi connectivity index (χ4n) is 2.40. The Balaban J connectivity index is 1.54. The van der Waals surface area contributed by atoms with Crippen LogP contribution in [0.15, 0.2) is 71.3 Å². The van der Waals surface area contributed by atoms with Crippen molar-refractivity contribution < 1.29 is 14.0 Å². The molecule has 142 valence electrons. The van der Waals surface area contributed by atoms with Gasteiger partial charge >= 0.3 is 0 Å². The molecule has 0 saturated carbocycles. The summed E-state index contributed by atoms with van der Waals surface area (Å²) in [5.74, 6) is -0.397.